The maximum absolute atomic E-state index is 12.2. The van der Waals surface area contributed by atoms with Gasteiger partial charge in [-0.05, 0) is 50.3 Å². The molecule has 0 saturated carbocycles. The van der Waals surface area contributed by atoms with Crippen LogP contribution in [0.3, 0.4) is 0 Å². The van der Waals surface area contributed by atoms with Crippen molar-refractivity contribution in [1.29, 1.82) is 0 Å². The SMILES string of the molecule is COc1ccc(CCNC(=O)[C@@H](C)[NH+]2CCCCC2)cc1. The molecule has 1 heterocycles. The minimum Gasteiger partial charge on any atom is -0.497 e. The van der Waals surface area contributed by atoms with Crippen LogP contribution in [0.15, 0.2) is 24.3 Å². The number of methoxy groups -OCH3 is 1. The molecule has 21 heavy (non-hydrogen) atoms. The molecule has 4 nitrogen and oxygen atoms in total. The molecule has 0 radical (unpaired) electrons. The van der Waals surface area contributed by atoms with Gasteiger partial charge in [-0.3, -0.25) is 4.79 Å². The summed E-state index contributed by atoms with van der Waals surface area (Å²) in [5, 5.41) is 3.07. The maximum Gasteiger partial charge on any atom is 0.278 e. The molecule has 0 aromatic heterocycles. The fourth-order valence-corrected chi connectivity index (χ4v) is 2.90. The van der Waals surface area contributed by atoms with Crippen molar-refractivity contribution in [1.82, 2.24) is 5.32 Å². The van der Waals surface area contributed by atoms with Crippen molar-refractivity contribution in [2.24, 2.45) is 0 Å². The summed E-state index contributed by atoms with van der Waals surface area (Å²) in [6, 6.07) is 8.07. The van der Waals surface area contributed by atoms with Gasteiger partial charge in [0.15, 0.2) is 6.04 Å². The van der Waals surface area contributed by atoms with Gasteiger partial charge in [-0.15, -0.1) is 0 Å². The maximum atomic E-state index is 12.2. The van der Waals surface area contributed by atoms with E-state index in [0.29, 0.717) is 6.54 Å². The Morgan fingerprint density at radius 2 is 1.90 bits per heavy atom. The summed E-state index contributed by atoms with van der Waals surface area (Å²) < 4.78 is 5.14. The molecule has 0 spiro atoms. The first kappa shape index (κ1) is 15.8. The fraction of sp³-hybridized carbons (Fsp3) is 0.588. The largest absolute Gasteiger partial charge is 0.497 e. The highest BCUT2D eigenvalue weighted by Crippen LogP contribution is 2.11. The van der Waals surface area contributed by atoms with Gasteiger partial charge in [0.25, 0.3) is 5.91 Å². The van der Waals surface area contributed by atoms with E-state index in [1.54, 1.807) is 7.11 Å². The number of hydrogen-bond donors (Lipinski definition) is 2. The topological polar surface area (TPSA) is 42.8 Å². The summed E-state index contributed by atoms with van der Waals surface area (Å²) >= 11 is 0. The van der Waals surface area contributed by atoms with Crippen LogP contribution in [0.1, 0.15) is 31.7 Å². The van der Waals surface area contributed by atoms with Gasteiger partial charge in [0.2, 0.25) is 0 Å². The minimum atomic E-state index is 0.0705. The second-order valence-electron chi connectivity index (χ2n) is 5.83. The van der Waals surface area contributed by atoms with Crippen molar-refractivity contribution in [3.8, 4) is 5.75 Å². The van der Waals surface area contributed by atoms with Crippen molar-refractivity contribution >= 4 is 5.91 Å². The number of nitrogens with one attached hydrogen (secondary N) is 2. The van der Waals surface area contributed by atoms with Gasteiger partial charge in [0, 0.05) is 6.54 Å². The number of rotatable bonds is 6. The lowest BCUT2D eigenvalue weighted by molar-refractivity contribution is -0.918. The van der Waals surface area contributed by atoms with Crippen LogP contribution < -0.4 is 15.0 Å². The predicted octanol–water partition coefficient (Wildman–Crippen LogP) is 0.811. The van der Waals surface area contributed by atoms with E-state index in [9.17, 15) is 4.79 Å². The highest BCUT2D eigenvalue weighted by molar-refractivity contribution is 5.79. The van der Waals surface area contributed by atoms with Crippen LogP contribution in [0.5, 0.6) is 5.75 Å². The van der Waals surface area contributed by atoms with Gasteiger partial charge >= 0.3 is 0 Å². The Morgan fingerprint density at radius 1 is 1.24 bits per heavy atom. The van der Waals surface area contributed by atoms with Crippen LogP contribution >= 0.6 is 0 Å². The van der Waals surface area contributed by atoms with E-state index in [0.717, 1.165) is 25.3 Å². The van der Waals surface area contributed by atoms with Gasteiger partial charge in [-0.25, -0.2) is 0 Å². The standard InChI is InChI=1S/C17H26N2O2/c1-14(19-12-4-3-5-13-19)17(20)18-11-10-15-6-8-16(21-2)9-7-15/h6-9,14H,3-5,10-13H2,1-2H3,(H,18,20)/p+1/t14-/m1/s1. The second-order valence-corrected chi connectivity index (χ2v) is 5.83. The lowest BCUT2D eigenvalue weighted by Crippen LogP contribution is -3.17. The second kappa shape index (κ2) is 8.03. The molecule has 4 heteroatoms. The number of benzene rings is 1. The van der Waals surface area contributed by atoms with Gasteiger partial charge in [0.05, 0.1) is 20.2 Å². The summed E-state index contributed by atoms with van der Waals surface area (Å²) in [5.74, 6) is 1.05. The van der Waals surface area contributed by atoms with Crippen molar-refractivity contribution in [3.63, 3.8) is 0 Å². The summed E-state index contributed by atoms with van der Waals surface area (Å²) in [4.78, 5) is 13.6. The molecule has 1 aromatic carbocycles. The van der Waals surface area contributed by atoms with Crippen LogP contribution in [-0.2, 0) is 11.2 Å². The first-order valence-corrected chi connectivity index (χ1v) is 7.96. The normalized spacial score (nSPS) is 17.2. The van der Waals surface area contributed by atoms with Crippen LogP contribution in [0.4, 0.5) is 0 Å². The minimum absolute atomic E-state index is 0.0705. The van der Waals surface area contributed by atoms with Crippen LogP contribution in [0.25, 0.3) is 0 Å². The molecule has 1 atom stereocenters. The Morgan fingerprint density at radius 3 is 2.52 bits per heavy atom. The highest BCUT2D eigenvalue weighted by atomic mass is 16.5. The quantitative estimate of drug-likeness (QED) is 0.814. The summed E-state index contributed by atoms with van der Waals surface area (Å²) in [6.07, 6.45) is 4.67. The fourth-order valence-electron chi connectivity index (χ4n) is 2.90. The summed E-state index contributed by atoms with van der Waals surface area (Å²) in [7, 11) is 1.67. The first-order valence-electron chi connectivity index (χ1n) is 7.96. The predicted molar refractivity (Wildman–Crippen MR) is 83.7 cm³/mol. The van der Waals surface area contributed by atoms with Gasteiger partial charge in [-0.2, -0.15) is 0 Å². The Bertz CT molecular complexity index is 439. The average Bonchev–Trinajstić information content (AvgIpc) is 2.55. The third kappa shape index (κ3) is 4.74. The number of quaternary nitrogens is 1. The Labute approximate surface area is 127 Å². The van der Waals surface area contributed by atoms with Gasteiger partial charge in [0.1, 0.15) is 5.75 Å². The van der Waals surface area contributed by atoms with Crippen molar-refractivity contribution < 1.29 is 14.4 Å². The lowest BCUT2D eigenvalue weighted by Gasteiger charge is -2.28. The molecule has 1 aliphatic rings. The van der Waals surface area contributed by atoms with Gasteiger partial charge in [-0.1, -0.05) is 12.1 Å². The molecule has 1 aliphatic heterocycles. The van der Waals surface area contributed by atoms with Crippen molar-refractivity contribution in [3.05, 3.63) is 29.8 Å². The first-order chi connectivity index (χ1) is 10.2. The van der Waals surface area contributed by atoms with Crippen molar-refractivity contribution in [2.45, 2.75) is 38.6 Å². The molecule has 1 aromatic rings. The summed E-state index contributed by atoms with van der Waals surface area (Å²) in [6.45, 7) is 5.01. The number of piperidine rings is 1. The van der Waals surface area contributed by atoms with Crippen LogP contribution in [0, 0.1) is 0 Å². The molecule has 1 amide bonds. The number of amides is 1. The van der Waals surface area contributed by atoms with E-state index < -0.39 is 0 Å². The number of carbonyl (C=O) groups excluding carboxylic acids is 1. The van der Waals surface area contributed by atoms with E-state index in [2.05, 4.69) is 5.32 Å². The van der Waals surface area contributed by atoms with E-state index >= 15 is 0 Å². The number of hydrogen-bond acceptors (Lipinski definition) is 2. The number of likely N-dealkylation sites (tertiary alicyclic amines) is 1. The van der Waals surface area contributed by atoms with Crippen LogP contribution in [0.2, 0.25) is 0 Å². The molecular formula is C17H27N2O2+. The molecule has 1 fully saturated rings. The molecule has 0 aliphatic carbocycles. The Kier molecular flexibility index (Phi) is 6.05. The zero-order chi connectivity index (χ0) is 15.1. The summed E-state index contributed by atoms with van der Waals surface area (Å²) in [5.41, 5.74) is 1.22. The third-order valence-electron chi connectivity index (χ3n) is 4.37. The Balaban J connectivity index is 1.72. The van der Waals surface area contributed by atoms with Gasteiger partial charge < -0.3 is 15.0 Å². The molecule has 0 unspecified atom stereocenters. The average molecular weight is 291 g/mol. The Hall–Kier alpha value is -1.55. The molecule has 0 bridgehead atoms. The number of carbonyl (C=O) groups is 1. The third-order valence-corrected chi connectivity index (χ3v) is 4.37. The monoisotopic (exact) mass is 291 g/mol. The zero-order valence-corrected chi connectivity index (χ0v) is 13.2. The van der Waals surface area contributed by atoms with E-state index in [4.69, 9.17) is 4.74 Å². The molecule has 116 valence electrons. The molecular weight excluding hydrogens is 264 g/mol. The van der Waals surface area contributed by atoms with Crippen LogP contribution in [-0.4, -0.2) is 38.7 Å². The molecule has 2 rings (SSSR count). The van der Waals surface area contributed by atoms with E-state index in [1.807, 2.05) is 31.2 Å². The number of ether oxygens (including phenoxy) is 1. The van der Waals surface area contributed by atoms with E-state index in [1.165, 1.54) is 29.7 Å². The van der Waals surface area contributed by atoms with E-state index in [-0.39, 0.29) is 11.9 Å². The molecule has 2 N–H and O–H groups in total. The molecule has 1 saturated heterocycles. The van der Waals surface area contributed by atoms with Crippen molar-refractivity contribution in [2.75, 3.05) is 26.7 Å². The lowest BCUT2D eigenvalue weighted by atomic mass is 10.1. The smallest absolute Gasteiger partial charge is 0.278 e. The highest BCUT2D eigenvalue weighted by Gasteiger charge is 2.25. The zero-order valence-electron chi connectivity index (χ0n) is 13.2.